The van der Waals surface area contributed by atoms with Gasteiger partial charge in [0.15, 0.2) is 0 Å². The molecule has 3 heterocycles. The van der Waals surface area contributed by atoms with Crippen molar-refractivity contribution >= 4 is 5.91 Å². The predicted molar refractivity (Wildman–Crippen MR) is 89.2 cm³/mol. The minimum absolute atomic E-state index is 0.0971. The lowest BCUT2D eigenvalue weighted by Crippen LogP contribution is -2.46. The van der Waals surface area contributed by atoms with Gasteiger partial charge in [0.05, 0.1) is 18.1 Å². The molecule has 1 aromatic rings. The van der Waals surface area contributed by atoms with Crippen molar-refractivity contribution < 1.29 is 9.53 Å². The fourth-order valence-electron chi connectivity index (χ4n) is 4.28. The lowest BCUT2D eigenvalue weighted by atomic mass is 9.99. The zero-order valence-corrected chi connectivity index (χ0v) is 13.7. The fourth-order valence-corrected chi connectivity index (χ4v) is 4.28. The Bertz CT molecular complexity index is 542. The second-order valence-electron chi connectivity index (χ2n) is 7.17. The van der Waals surface area contributed by atoms with E-state index in [0.717, 1.165) is 58.4 Å². The molecule has 3 atom stereocenters. The SMILES string of the molecule is O=C([C@H]1C[C@H]2CN(CCc3ccccc3)C[C@H]1O2)N1CCCC1. The maximum atomic E-state index is 12.7. The molecule has 0 unspecified atom stereocenters. The number of hydrogen-bond donors (Lipinski definition) is 0. The second kappa shape index (κ2) is 6.62. The lowest BCUT2D eigenvalue weighted by Gasteiger charge is -2.33. The minimum Gasteiger partial charge on any atom is -0.371 e. The summed E-state index contributed by atoms with van der Waals surface area (Å²) in [5, 5.41) is 0. The molecular formula is C19H26N2O2. The Morgan fingerprint density at radius 3 is 2.70 bits per heavy atom. The van der Waals surface area contributed by atoms with Crippen LogP contribution in [0.15, 0.2) is 30.3 Å². The smallest absolute Gasteiger partial charge is 0.228 e. The number of morpholine rings is 1. The van der Waals surface area contributed by atoms with E-state index in [0.29, 0.717) is 5.91 Å². The first-order chi connectivity index (χ1) is 11.3. The number of carbonyl (C=O) groups excluding carboxylic acids is 1. The minimum atomic E-state index is 0.0971. The molecule has 3 aliphatic heterocycles. The topological polar surface area (TPSA) is 32.8 Å². The van der Waals surface area contributed by atoms with Crippen molar-refractivity contribution in [3.8, 4) is 0 Å². The molecule has 4 nitrogen and oxygen atoms in total. The van der Waals surface area contributed by atoms with Gasteiger partial charge in [0.1, 0.15) is 0 Å². The summed E-state index contributed by atoms with van der Waals surface area (Å²) in [5.74, 6) is 0.444. The summed E-state index contributed by atoms with van der Waals surface area (Å²) < 4.78 is 6.08. The second-order valence-corrected chi connectivity index (χ2v) is 7.17. The molecule has 124 valence electrons. The highest BCUT2D eigenvalue weighted by Crippen LogP contribution is 2.33. The Hall–Kier alpha value is -1.39. The number of rotatable bonds is 4. The van der Waals surface area contributed by atoms with Crippen LogP contribution in [0.4, 0.5) is 0 Å². The first-order valence-corrected chi connectivity index (χ1v) is 9.00. The fraction of sp³-hybridized carbons (Fsp3) is 0.632. The zero-order valence-electron chi connectivity index (χ0n) is 13.7. The van der Waals surface area contributed by atoms with Crippen molar-refractivity contribution in [3.63, 3.8) is 0 Å². The van der Waals surface area contributed by atoms with E-state index in [1.54, 1.807) is 0 Å². The standard InChI is InChI=1S/C19H26N2O2/c22-19(21-9-4-5-10-21)17-12-16-13-20(14-18(17)23-16)11-8-15-6-2-1-3-7-15/h1-3,6-7,16-18H,4-5,8-14H2/t16-,17-,18+/m0/s1. The van der Waals surface area contributed by atoms with Crippen LogP contribution in [-0.2, 0) is 16.0 Å². The third kappa shape index (κ3) is 3.29. The number of benzene rings is 1. The van der Waals surface area contributed by atoms with Gasteiger partial charge in [-0.3, -0.25) is 9.69 Å². The third-order valence-corrected chi connectivity index (χ3v) is 5.53. The van der Waals surface area contributed by atoms with Crippen molar-refractivity contribution in [1.29, 1.82) is 0 Å². The Morgan fingerprint density at radius 1 is 1.13 bits per heavy atom. The average Bonchev–Trinajstić information content (AvgIpc) is 3.21. The molecule has 4 heteroatoms. The highest BCUT2D eigenvalue weighted by atomic mass is 16.5. The summed E-state index contributed by atoms with van der Waals surface area (Å²) >= 11 is 0. The number of carbonyl (C=O) groups is 1. The Labute approximate surface area is 138 Å². The van der Waals surface area contributed by atoms with Crippen molar-refractivity contribution in [2.75, 3.05) is 32.7 Å². The molecule has 0 spiro atoms. The van der Waals surface area contributed by atoms with Crippen LogP contribution in [0.3, 0.4) is 0 Å². The summed E-state index contributed by atoms with van der Waals surface area (Å²) in [6.45, 7) is 4.85. The van der Waals surface area contributed by atoms with Crippen LogP contribution in [-0.4, -0.2) is 60.6 Å². The molecule has 0 aliphatic carbocycles. The Kier molecular flexibility index (Phi) is 4.36. The van der Waals surface area contributed by atoms with Crippen molar-refractivity contribution in [1.82, 2.24) is 9.80 Å². The van der Waals surface area contributed by atoms with Crippen molar-refractivity contribution in [3.05, 3.63) is 35.9 Å². The molecule has 3 fully saturated rings. The summed E-state index contributed by atoms with van der Waals surface area (Å²) in [6, 6.07) is 10.6. The molecule has 4 rings (SSSR count). The van der Waals surface area contributed by atoms with E-state index in [2.05, 4.69) is 40.1 Å². The molecule has 0 saturated carbocycles. The molecule has 3 saturated heterocycles. The first-order valence-electron chi connectivity index (χ1n) is 9.00. The van der Waals surface area contributed by atoms with E-state index in [1.807, 2.05) is 0 Å². The van der Waals surface area contributed by atoms with Crippen LogP contribution < -0.4 is 0 Å². The number of hydrogen-bond acceptors (Lipinski definition) is 3. The third-order valence-electron chi connectivity index (χ3n) is 5.53. The largest absolute Gasteiger partial charge is 0.371 e. The van der Waals surface area contributed by atoms with Gasteiger partial charge in [0.2, 0.25) is 5.91 Å². The van der Waals surface area contributed by atoms with E-state index in [1.165, 1.54) is 5.56 Å². The molecule has 0 N–H and O–H groups in total. The van der Waals surface area contributed by atoms with Gasteiger partial charge in [0, 0.05) is 32.7 Å². The van der Waals surface area contributed by atoms with E-state index in [-0.39, 0.29) is 18.1 Å². The van der Waals surface area contributed by atoms with Crippen molar-refractivity contribution in [2.24, 2.45) is 5.92 Å². The molecule has 1 amide bonds. The normalized spacial score (nSPS) is 30.8. The van der Waals surface area contributed by atoms with Crippen LogP contribution in [0.5, 0.6) is 0 Å². The Balaban J connectivity index is 1.34. The molecule has 0 aromatic heterocycles. The zero-order chi connectivity index (χ0) is 15.6. The van der Waals surface area contributed by atoms with E-state index in [9.17, 15) is 4.79 Å². The summed E-state index contributed by atoms with van der Waals surface area (Å²) in [6.07, 6.45) is 4.68. The monoisotopic (exact) mass is 314 g/mol. The van der Waals surface area contributed by atoms with Crippen LogP contribution in [0.25, 0.3) is 0 Å². The number of fused-ring (bicyclic) bond motifs is 2. The highest BCUT2D eigenvalue weighted by molar-refractivity contribution is 5.80. The van der Waals surface area contributed by atoms with Gasteiger partial charge in [-0.15, -0.1) is 0 Å². The van der Waals surface area contributed by atoms with E-state index in [4.69, 9.17) is 4.74 Å². The van der Waals surface area contributed by atoms with Gasteiger partial charge >= 0.3 is 0 Å². The average molecular weight is 314 g/mol. The predicted octanol–water partition coefficient (Wildman–Crippen LogP) is 1.94. The van der Waals surface area contributed by atoms with Crippen LogP contribution >= 0.6 is 0 Å². The molecular weight excluding hydrogens is 288 g/mol. The maximum absolute atomic E-state index is 12.7. The molecule has 0 radical (unpaired) electrons. The highest BCUT2D eigenvalue weighted by Gasteiger charge is 2.45. The van der Waals surface area contributed by atoms with Crippen LogP contribution in [0, 0.1) is 5.92 Å². The number of ether oxygens (including phenoxy) is 1. The van der Waals surface area contributed by atoms with Crippen LogP contribution in [0.1, 0.15) is 24.8 Å². The number of likely N-dealkylation sites (tertiary alicyclic amines) is 2. The van der Waals surface area contributed by atoms with Gasteiger partial charge in [0.25, 0.3) is 0 Å². The van der Waals surface area contributed by atoms with Gasteiger partial charge < -0.3 is 9.64 Å². The Morgan fingerprint density at radius 2 is 1.91 bits per heavy atom. The maximum Gasteiger partial charge on any atom is 0.228 e. The quantitative estimate of drug-likeness (QED) is 0.851. The van der Waals surface area contributed by atoms with E-state index < -0.39 is 0 Å². The summed E-state index contributed by atoms with van der Waals surface area (Å²) in [5.41, 5.74) is 1.39. The number of nitrogens with zero attached hydrogens (tertiary/aromatic N) is 2. The summed E-state index contributed by atoms with van der Waals surface area (Å²) in [7, 11) is 0. The molecule has 1 aromatic carbocycles. The number of amides is 1. The molecule has 23 heavy (non-hydrogen) atoms. The van der Waals surface area contributed by atoms with Gasteiger partial charge in [-0.05, 0) is 31.2 Å². The van der Waals surface area contributed by atoms with Gasteiger partial charge in [-0.25, -0.2) is 0 Å². The molecule has 2 bridgehead atoms. The lowest BCUT2D eigenvalue weighted by molar-refractivity contribution is -0.137. The first kappa shape index (κ1) is 15.2. The molecule has 3 aliphatic rings. The van der Waals surface area contributed by atoms with Crippen molar-refractivity contribution in [2.45, 2.75) is 37.9 Å². The van der Waals surface area contributed by atoms with E-state index >= 15 is 0 Å². The summed E-state index contributed by atoms with van der Waals surface area (Å²) in [4.78, 5) is 17.3. The van der Waals surface area contributed by atoms with Gasteiger partial charge in [-0.2, -0.15) is 0 Å². The van der Waals surface area contributed by atoms with Gasteiger partial charge in [-0.1, -0.05) is 30.3 Å². The van der Waals surface area contributed by atoms with Crippen LogP contribution in [0.2, 0.25) is 0 Å².